The minimum Gasteiger partial charge on any atom is -0.278 e. The first-order valence-corrected chi connectivity index (χ1v) is 7.62. The van der Waals surface area contributed by atoms with Crippen LogP contribution < -0.4 is 0 Å². The van der Waals surface area contributed by atoms with Crippen LogP contribution in [0.25, 0.3) is 27.5 Å². The van der Waals surface area contributed by atoms with Gasteiger partial charge in [0.05, 0.1) is 41.9 Å². The molecule has 3 aromatic heterocycles. The monoisotopic (exact) mass is 315 g/mol. The van der Waals surface area contributed by atoms with E-state index in [-0.39, 0.29) is 0 Å². The predicted molar refractivity (Wildman–Crippen MR) is 89.8 cm³/mol. The van der Waals surface area contributed by atoms with Gasteiger partial charge in [0.1, 0.15) is 5.69 Å². The topological polar surface area (TPSA) is 77.2 Å². The average Bonchev–Trinajstić information content (AvgIpc) is 3.34. The van der Waals surface area contributed by atoms with Crippen LogP contribution in [0.2, 0.25) is 0 Å². The smallest absolute Gasteiger partial charge is 0.105 e. The molecule has 0 aliphatic heterocycles. The number of para-hydroxylation sites is 1. The zero-order chi connectivity index (χ0) is 15.9. The Morgan fingerprint density at radius 2 is 1.96 bits per heavy atom. The van der Waals surface area contributed by atoms with Crippen LogP contribution >= 0.6 is 0 Å². The van der Waals surface area contributed by atoms with E-state index in [0.717, 1.165) is 33.2 Å². The van der Waals surface area contributed by atoms with Gasteiger partial charge >= 0.3 is 0 Å². The number of aromatic nitrogens is 7. The number of hydrogen-bond donors (Lipinski definition) is 1. The third-order valence-corrected chi connectivity index (χ3v) is 4.09. The fourth-order valence-corrected chi connectivity index (χ4v) is 2.87. The van der Waals surface area contributed by atoms with Gasteiger partial charge in [0.2, 0.25) is 0 Å². The highest BCUT2D eigenvalue weighted by molar-refractivity contribution is 5.80. The van der Waals surface area contributed by atoms with Gasteiger partial charge in [-0.3, -0.25) is 9.78 Å². The lowest BCUT2D eigenvalue weighted by molar-refractivity contribution is 0.692. The van der Waals surface area contributed by atoms with Crippen LogP contribution in [0.15, 0.2) is 61.1 Å². The lowest BCUT2D eigenvalue weighted by Crippen LogP contribution is -2.01. The van der Waals surface area contributed by atoms with Crippen molar-refractivity contribution in [1.29, 1.82) is 0 Å². The number of H-pyrrole nitrogens is 1. The summed E-state index contributed by atoms with van der Waals surface area (Å²) in [5, 5.41) is 22.1. The first-order chi connectivity index (χ1) is 11.9. The van der Waals surface area contributed by atoms with Crippen LogP contribution in [0.3, 0.4) is 0 Å². The maximum Gasteiger partial charge on any atom is 0.105 e. The van der Waals surface area contributed by atoms with Crippen molar-refractivity contribution in [2.75, 3.05) is 0 Å². The Hall–Kier alpha value is -3.48. The van der Waals surface area contributed by atoms with Crippen molar-refractivity contribution in [3.8, 4) is 5.69 Å². The number of nitrogens with one attached hydrogen (secondary N) is 1. The van der Waals surface area contributed by atoms with Crippen molar-refractivity contribution < 1.29 is 0 Å². The minimum absolute atomic E-state index is 0.585. The van der Waals surface area contributed by atoms with Crippen molar-refractivity contribution in [3.63, 3.8) is 0 Å². The molecular formula is C17H13N7. The predicted octanol–water partition coefficient (Wildman–Crippen LogP) is 2.54. The average molecular weight is 315 g/mol. The zero-order valence-corrected chi connectivity index (χ0v) is 12.7. The molecule has 7 nitrogen and oxygen atoms in total. The second kappa shape index (κ2) is 5.02. The molecule has 116 valence electrons. The van der Waals surface area contributed by atoms with Gasteiger partial charge in [-0.15, -0.1) is 5.10 Å². The molecule has 0 aliphatic rings. The number of rotatable bonds is 3. The summed E-state index contributed by atoms with van der Waals surface area (Å²) in [6.45, 7) is 0.585. The van der Waals surface area contributed by atoms with Crippen molar-refractivity contribution in [1.82, 2.24) is 35.0 Å². The Morgan fingerprint density at radius 1 is 1.00 bits per heavy atom. The number of hydrogen-bond acceptors (Lipinski definition) is 4. The highest BCUT2D eigenvalue weighted by Crippen LogP contribution is 2.17. The van der Waals surface area contributed by atoms with Crippen LogP contribution in [0.4, 0.5) is 0 Å². The van der Waals surface area contributed by atoms with Crippen LogP contribution in [0, 0.1) is 0 Å². The van der Waals surface area contributed by atoms with E-state index in [0.29, 0.717) is 6.54 Å². The van der Waals surface area contributed by atoms with Crippen molar-refractivity contribution in [2.24, 2.45) is 0 Å². The van der Waals surface area contributed by atoms with Crippen molar-refractivity contribution in [3.05, 3.63) is 66.7 Å². The van der Waals surface area contributed by atoms with Gasteiger partial charge in [-0.25, -0.2) is 4.68 Å². The highest BCUT2D eigenvalue weighted by atomic mass is 15.4. The van der Waals surface area contributed by atoms with E-state index in [1.54, 1.807) is 10.9 Å². The van der Waals surface area contributed by atoms with Gasteiger partial charge in [0.25, 0.3) is 0 Å². The third kappa shape index (κ3) is 2.06. The Balaban J connectivity index is 1.48. The Labute approximate surface area is 136 Å². The fourth-order valence-electron chi connectivity index (χ4n) is 2.87. The summed E-state index contributed by atoms with van der Waals surface area (Å²) in [6.07, 6.45) is 5.59. The molecule has 0 unspecified atom stereocenters. The molecule has 5 rings (SSSR count). The summed E-state index contributed by atoms with van der Waals surface area (Å²) >= 11 is 0. The molecule has 3 heterocycles. The van der Waals surface area contributed by atoms with Gasteiger partial charge in [-0.1, -0.05) is 23.4 Å². The molecular weight excluding hydrogens is 302 g/mol. The molecule has 24 heavy (non-hydrogen) atoms. The molecule has 7 heteroatoms. The van der Waals surface area contributed by atoms with Gasteiger partial charge < -0.3 is 0 Å². The van der Waals surface area contributed by atoms with Crippen LogP contribution in [0.1, 0.15) is 5.69 Å². The molecule has 0 atom stereocenters. The third-order valence-electron chi connectivity index (χ3n) is 4.09. The largest absolute Gasteiger partial charge is 0.278 e. The Morgan fingerprint density at radius 3 is 2.96 bits per heavy atom. The van der Waals surface area contributed by atoms with E-state index in [1.165, 1.54) is 0 Å². The van der Waals surface area contributed by atoms with Crippen molar-refractivity contribution >= 4 is 21.8 Å². The standard InChI is InChI=1S/C17H13N7/c1-2-4-17-12(3-1)9-19-24(17)11-14-10-23(22-20-14)15-5-6-16-13(7-15)8-18-21-16/h1-10H,11H2,(H,18,21). The van der Waals surface area contributed by atoms with E-state index in [4.69, 9.17) is 0 Å². The lowest BCUT2D eigenvalue weighted by Gasteiger charge is -2.00. The van der Waals surface area contributed by atoms with Gasteiger partial charge in [-0.05, 0) is 24.3 Å². The maximum atomic E-state index is 4.43. The van der Waals surface area contributed by atoms with Gasteiger partial charge in [0.15, 0.2) is 0 Å². The fraction of sp³-hybridized carbons (Fsp3) is 0.0588. The van der Waals surface area contributed by atoms with Gasteiger partial charge in [0, 0.05) is 10.8 Å². The quantitative estimate of drug-likeness (QED) is 0.555. The summed E-state index contributed by atoms with van der Waals surface area (Å²) in [5.74, 6) is 0. The zero-order valence-electron chi connectivity index (χ0n) is 12.7. The normalized spacial score (nSPS) is 11.5. The van der Waals surface area contributed by atoms with Crippen LogP contribution in [-0.2, 0) is 6.54 Å². The molecule has 0 saturated heterocycles. The minimum atomic E-state index is 0.585. The summed E-state index contributed by atoms with van der Waals surface area (Å²) in [7, 11) is 0. The molecule has 0 fully saturated rings. The number of fused-ring (bicyclic) bond motifs is 2. The lowest BCUT2D eigenvalue weighted by atomic mass is 10.2. The van der Waals surface area contributed by atoms with Crippen LogP contribution in [0.5, 0.6) is 0 Å². The molecule has 0 spiro atoms. The Bertz CT molecular complexity index is 1150. The number of aromatic amines is 1. The SMILES string of the molecule is c1ccc2c(c1)cnn2Cc1cn(-c2ccc3[nH]ncc3c2)nn1. The maximum absolute atomic E-state index is 4.43. The molecule has 2 aromatic carbocycles. The highest BCUT2D eigenvalue weighted by Gasteiger charge is 2.08. The first-order valence-electron chi connectivity index (χ1n) is 7.62. The molecule has 1 N–H and O–H groups in total. The molecule has 0 saturated carbocycles. The molecule has 0 aliphatic carbocycles. The second-order valence-corrected chi connectivity index (χ2v) is 5.66. The first kappa shape index (κ1) is 13.0. The van der Waals surface area contributed by atoms with E-state index in [2.05, 4.69) is 37.7 Å². The summed E-state index contributed by atoms with van der Waals surface area (Å²) in [5.41, 5.74) is 3.90. The van der Waals surface area contributed by atoms with E-state index < -0.39 is 0 Å². The number of nitrogens with zero attached hydrogens (tertiary/aromatic N) is 6. The Kier molecular flexibility index (Phi) is 2.72. The molecule has 0 radical (unpaired) electrons. The van der Waals surface area contributed by atoms with E-state index in [9.17, 15) is 0 Å². The number of benzene rings is 2. The summed E-state index contributed by atoms with van der Waals surface area (Å²) in [6, 6.07) is 14.1. The summed E-state index contributed by atoms with van der Waals surface area (Å²) in [4.78, 5) is 0. The molecule has 5 aromatic rings. The van der Waals surface area contributed by atoms with Crippen molar-refractivity contribution in [2.45, 2.75) is 6.54 Å². The van der Waals surface area contributed by atoms with E-state index in [1.807, 2.05) is 47.4 Å². The summed E-state index contributed by atoms with van der Waals surface area (Å²) < 4.78 is 3.70. The van der Waals surface area contributed by atoms with Crippen LogP contribution in [-0.4, -0.2) is 35.0 Å². The van der Waals surface area contributed by atoms with E-state index >= 15 is 0 Å². The second-order valence-electron chi connectivity index (χ2n) is 5.66. The molecule has 0 bridgehead atoms. The molecule has 0 amide bonds. The van der Waals surface area contributed by atoms with Gasteiger partial charge in [-0.2, -0.15) is 10.2 Å².